The fraction of sp³-hybridized carbons (Fsp3) is 0.333. The standard InChI is InChI=1S/C12H16BrN3O3/c1-3-9(11(14)16-18)15-12(17)7-4-5-10(19-2)8(13)6-7/h4-6,9,18H,3H2,1-2H3,(H2,14,16)(H,15,17). The summed E-state index contributed by atoms with van der Waals surface area (Å²) in [7, 11) is 1.55. The Morgan fingerprint density at radius 2 is 2.32 bits per heavy atom. The van der Waals surface area contributed by atoms with Crippen LogP contribution in [-0.2, 0) is 0 Å². The summed E-state index contributed by atoms with van der Waals surface area (Å²) in [5, 5.41) is 14.2. The molecule has 0 saturated heterocycles. The van der Waals surface area contributed by atoms with E-state index >= 15 is 0 Å². The van der Waals surface area contributed by atoms with E-state index in [1.54, 1.807) is 25.3 Å². The summed E-state index contributed by atoms with van der Waals surface area (Å²) in [5.41, 5.74) is 5.94. The lowest BCUT2D eigenvalue weighted by Crippen LogP contribution is -2.44. The summed E-state index contributed by atoms with van der Waals surface area (Å²) >= 11 is 3.31. The highest BCUT2D eigenvalue weighted by Crippen LogP contribution is 2.25. The van der Waals surface area contributed by atoms with Crippen molar-refractivity contribution in [2.75, 3.05) is 7.11 Å². The van der Waals surface area contributed by atoms with Gasteiger partial charge in [-0.2, -0.15) is 0 Å². The fourth-order valence-electron chi connectivity index (χ4n) is 1.50. The van der Waals surface area contributed by atoms with Crippen molar-refractivity contribution in [1.29, 1.82) is 0 Å². The minimum atomic E-state index is -0.502. The normalized spacial score (nSPS) is 12.9. The Kier molecular flexibility index (Phi) is 5.62. The second kappa shape index (κ2) is 6.98. The van der Waals surface area contributed by atoms with E-state index in [4.69, 9.17) is 15.7 Å². The predicted molar refractivity (Wildman–Crippen MR) is 75.6 cm³/mol. The average molecular weight is 330 g/mol. The van der Waals surface area contributed by atoms with E-state index in [9.17, 15) is 4.79 Å². The van der Waals surface area contributed by atoms with Crippen molar-refractivity contribution in [3.63, 3.8) is 0 Å². The minimum absolute atomic E-state index is 0.0246. The molecule has 0 spiro atoms. The van der Waals surface area contributed by atoms with Crippen LogP contribution in [0.15, 0.2) is 27.8 Å². The zero-order chi connectivity index (χ0) is 14.4. The molecule has 1 unspecified atom stereocenters. The highest BCUT2D eigenvalue weighted by molar-refractivity contribution is 9.10. The number of amides is 1. The maximum atomic E-state index is 12.0. The molecule has 0 heterocycles. The van der Waals surface area contributed by atoms with Gasteiger partial charge in [0.2, 0.25) is 0 Å². The first-order valence-corrected chi connectivity index (χ1v) is 6.44. The Morgan fingerprint density at radius 3 is 2.79 bits per heavy atom. The first-order valence-electron chi connectivity index (χ1n) is 5.65. The molecule has 19 heavy (non-hydrogen) atoms. The highest BCUT2D eigenvalue weighted by atomic mass is 79.9. The van der Waals surface area contributed by atoms with Gasteiger partial charge in [-0.15, -0.1) is 0 Å². The zero-order valence-corrected chi connectivity index (χ0v) is 12.3. The van der Waals surface area contributed by atoms with E-state index in [0.717, 1.165) is 0 Å². The zero-order valence-electron chi connectivity index (χ0n) is 10.7. The van der Waals surface area contributed by atoms with Crippen LogP contribution in [0.5, 0.6) is 5.75 Å². The van der Waals surface area contributed by atoms with E-state index in [-0.39, 0.29) is 11.7 Å². The number of amidine groups is 1. The molecule has 4 N–H and O–H groups in total. The molecule has 0 aliphatic rings. The van der Waals surface area contributed by atoms with E-state index < -0.39 is 6.04 Å². The fourth-order valence-corrected chi connectivity index (χ4v) is 2.04. The number of ether oxygens (including phenoxy) is 1. The van der Waals surface area contributed by atoms with Gasteiger partial charge in [0.25, 0.3) is 5.91 Å². The van der Waals surface area contributed by atoms with E-state index in [1.807, 2.05) is 6.92 Å². The smallest absolute Gasteiger partial charge is 0.251 e. The monoisotopic (exact) mass is 329 g/mol. The lowest BCUT2D eigenvalue weighted by molar-refractivity contribution is 0.0945. The van der Waals surface area contributed by atoms with Gasteiger partial charge in [0.15, 0.2) is 5.84 Å². The van der Waals surface area contributed by atoms with Gasteiger partial charge < -0.3 is 21.0 Å². The number of rotatable bonds is 5. The molecule has 0 aliphatic carbocycles. The van der Waals surface area contributed by atoms with Gasteiger partial charge in [0, 0.05) is 5.56 Å². The minimum Gasteiger partial charge on any atom is -0.496 e. The molecule has 1 atom stereocenters. The molecule has 1 amide bonds. The number of nitrogens with zero attached hydrogens (tertiary/aromatic N) is 1. The van der Waals surface area contributed by atoms with Crippen LogP contribution in [0.25, 0.3) is 0 Å². The molecule has 6 nitrogen and oxygen atoms in total. The van der Waals surface area contributed by atoms with Gasteiger partial charge in [-0.1, -0.05) is 12.1 Å². The van der Waals surface area contributed by atoms with E-state index in [0.29, 0.717) is 22.2 Å². The van der Waals surface area contributed by atoms with Crippen LogP contribution in [0.1, 0.15) is 23.7 Å². The van der Waals surface area contributed by atoms with Gasteiger partial charge in [-0.25, -0.2) is 0 Å². The molecule has 1 rings (SSSR count). The van der Waals surface area contributed by atoms with Crippen molar-refractivity contribution in [3.8, 4) is 5.75 Å². The van der Waals surface area contributed by atoms with Gasteiger partial charge in [-0.05, 0) is 40.5 Å². The van der Waals surface area contributed by atoms with Crippen molar-refractivity contribution in [1.82, 2.24) is 5.32 Å². The SMILES string of the molecule is CCC(NC(=O)c1ccc(OC)c(Br)c1)/C(N)=N/O. The first kappa shape index (κ1) is 15.3. The third kappa shape index (κ3) is 3.85. The quantitative estimate of drug-likeness (QED) is 0.331. The number of methoxy groups -OCH3 is 1. The number of oxime groups is 1. The molecule has 104 valence electrons. The number of hydrogen-bond acceptors (Lipinski definition) is 4. The molecule has 0 saturated carbocycles. The molecule has 0 aliphatic heterocycles. The average Bonchev–Trinajstić information content (AvgIpc) is 2.43. The number of halogens is 1. The molecule has 0 bridgehead atoms. The summed E-state index contributed by atoms with van der Waals surface area (Å²) in [6.45, 7) is 1.83. The van der Waals surface area contributed by atoms with Crippen LogP contribution in [0.4, 0.5) is 0 Å². The Morgan fingerprint density at radius 1 is 1.63 bits per heavy atom. The lowest BCUT2D eigenvalue weighted by Gasteiger charge is -2.15. The lowest BCUT2D eigenvalue weighted by atomic mass is 10.1. The number of nitrogens with two attached hydrogens (primary N) is 1. The summed E-state index contributed by atoms with van der Waals surface area (Å²) in [5.74, 6) is 0.310. The summed E-state index contributed by atoms with van der Waals surface area (Å²) < 4.78 is 5.77. The molecule has 1 aromatic carbocycles. The molecule has 0 fully saturated rings. The van der Waals surface area contributed by atoms with Gasteiger partial charge in [-0.3, -0.25) is 4.79 Å². The Bertz CT molecular complexity index is 491. The van der Waals surface area contributed by atoms with E-state index in [1.165, 1.54) is 0 Å². The van der Waals surface area contributed by atoms with Gasteiger partial charge in [0.1, 0.15) is 5.75 Å². The second-order valence-corrected chi connectivity index (χ2v) is 4.66. The van der Waals surface area contributed by atoms with Crippen LogP contribution in [0, 0.1) is 0 Å². The van der Waals surface area contributed by atoms with Crippen molar-refractivity contribution >= 4 is 27.7 Å². The molecule has 1 aromatic rings. The molecule has 7 heteroatoms. The number of carbonyl (C=O) groups is 1. The molecule has 0 radical (unpaired) electrons. The number of nitrogens with one attached hydrogen (secondary N) is 1. The molecule has 0 aromatic heterocycles. The van der Waals surface area contributed by atoms with Crippen molar-refractivity contribution in [3.05, 3.63) is 28.2 Å². The van der Waals surface area contributed by atoms with Crippen molar-refractivity contribution in [2.45, 2.75) is 19.4 Å². The van der Waals surface area contributed by atoms with Crippen LogP contribution in [-0.4, -0.2) is 30.1 Å². The van der Waals surface area contributed by atoms with Crippen molar-refractivity contribution in [2.24, 2.45) is 10.9 Å². The third-order valence-corrected chi connectivity index (χ3v) is 3.22. The predicted octanol–water partition coefficient (Wildman–Crippen LogP) is 1.71. The Hall–Kier alpha value is -1.76. The van der Waals surface area contributed by atoms with Gasteiger partial charge >= 0.3 is 0 Å². The summed E-state index contributed by atoms with van der Waals surface area (Å²) in [6, 6.07) is 4.47. The number of benzene rings is 1. The van der Waals surface area contributed by atoms with Gasteiger partial charge in [0.05, 0.1) is 17.6 Å². The third-order valence-electron chi connectivity index (χ3n) is 2.60. The number of hydrogen-bond donors (Lipinski definition) is 3. The van der Waals surface area contributed by atoms with Crippen LogP contribution >= 0.6 is 15.9 Å². The molecular formula is C12H16BrN3O3. The van der Waals surface area contributed by atoms with Crippen molar-refractivity contribution < 1.29 is 14.7 Å². The van der Waals surface area contributed by atoms with E-state index in [2.05, 4.69) is 26.4 Å². The van der Waals surface area contributed by atoms with Crippen LogP contribution in [0.2, 0.25) is 0 Å². The number of carbonyl (C=O) groups excluding carboxylic acids is 1. The van der Waals surface area contributed by atoms with Crippen LogP contribution in [0.3, 0.4) is 0 Å². The Labute approximate surface area is 119 Å². The molecular weight excluding hydrogens is 314 g/mol. The topological polar surface area (TPSA) is 96.9 Å². The maximum absolute atomic E-state index is 12.0. The first-order chi connectivity index (χ1) is 9.03. The Balaban J connectivity index is 2.86. The summed E-state index contributed by atoms with van der Waals surface area (Å²) in [4.78, 5) is 12.0. The second-order valence-electron chi connectivity index (χ2n) is 3.81. The van der Waals surface area contributed by atoms with Crippen LogP contribution < -0.4 is 15.8 Å². The largest absolute Gasteiger partial charge is 0.496 e. The highest BCUT2D eigenvalue weighted by Gasteiger charge is 2.16. The maximum Gasteiger partial charge on any atom is 0.251 e. The summed E-state index contributed by atoms with van der Waals surface area (Å²) in [6.07, 6.45) is 0.527.